The average Bonchev–Trinajstić information content (AvgIpc) is 3.20. The van der Waals surface area contributed by atoms with E-state index in [1.165, 1.54) is 12.1 Å². The van der Waals surface area contributed by atoms with Gasteiger partial charge in [-0.25, -0.2) is 9.97 Å². The molecule has 0 fully saturated rings. The van der Waals surface area contributed by atoms with Gasteiger partial charge in [0, 0.05) is 12.2 Å². The second kappa shape index (κ2) is 8.45. The maximum atomic E-state index is 12.3. The predicted octanol–water partition coefficient (Wildman–Crippen LogP) is 4.37. The van der Waals surface area contributed by atoms with Crippen LogP contribution in [0.25, 0.3) is 0 Å². The summed E-state index contributed by atoms with van der Waals surface area (Å²) in [4.78, 5) is 18.8. The smallest absolute Gasteiger partial charge is 0.454 e. The van der Waals surface area contributed by atoms with E-state index in [2.05, 4.69) is 25.3 Å². The van der Waals surface area contributed by atoms with Crippen molar-refractivity contribution in [2.45, 2.75) is 12.9 Å². The third-order valence-corrected chi connectivity index (χ3v) is 4.25. The Kier molecular flexibility index (Phi) is 5.54. The molecule has 0 unspecified atom stereocenters. The van der Waals surface area contributed by atoms with E-state index in [0.29, 0.717) is 11.5 Å². The minimum absolute atomic E-state index is 0.0396. The van der Waals surface area contributed by atoms with E-state index in [-0.39, 0.29) is 30.7 Å². The molecule has 166 valence electrons. The van der Waals surface area contributed by atoms with Gasteiger partial charge in [-0.3, -0.25) is 10.1 Å². The second-order valence-corrected chi connectivity index (χ2v) is 6.41. The Hall–Kier alpha value is -4.29. The molecular weight excluding hydrogens is 435 g/mol. The molecule has 0 bridgehead atoms. The Morgan fingerprint density at radius 3 is 2.50 bits per heavy atom. The maximum Gasteiger partial charge on any atom is 0.573 e. The monoisotopic (exact) mass is 449 g/mol. The van der Waals surface area contributed by atoms with Crippen molar-refractivity contribution in [2.75, 3.05) is 17.4 Å². The molecule has 0 amide bonds. The van der Waals surface area contributed by atoms with Gasteiger partial charge in [0.05, 0.1) is 4.92 Å². The van der Waals surface area contributed by atoms with Gasteiger partial charge in [0.2, 0.25) is 18.4 Å². The largest absolute Gasteiger partial charge is 0.573 e. The molecular formula is C19H14F3N5O5. The summed E-state index contributed by atoms with van der Waals surface area (Å²) in [6.45, 7) is 0.333. The van der Waals surface area contributed by atoms with Crippen LogP contribution in [-0.2, 0) is 6.54 Å². The molecule has 1 aliphatic heterocycles. The van der Waals surface area contributed by atoms with Crippen molar-refractivity contribution in [3.05, 3.63) is 64.5 Å². The molecule has 0 atom stereocenters. The molecule has 0 saturated carbocycles. The van der Waals surface area contributed by atoms with Gasteiger partial charge in [-0.2, -0.15) is 0 Å². The summed E-state index contributed by atoms with van der Waals surface area (Å²) in [7, 11) is 0. The van der Waals surface area contributed by atoms with E-state index < -0.39 is 22.7 Å². The van der Waals surface area contributed by atoms with Crippen LogP contribution >= 0.6 is 0 Å². The van der Waals surface area contributed by atoms with E-state index in [9.17, 15) is 23.3 Å². The van der Waals surface area contributed by atoms with Crippen LogP contribution < -0.4 is 24.8 Å². The summed E-state index contributed by atoms with van der Waals surface area (Å²) in [6.07, 6.45) is -3.70. The Balaban J connectivity index is 1.51. The van der Waals surface area contributed by atoms with Gasteiger partial charge in [-0.15, -0.1) is 13.2 Å². The van der Waals surface area contributed by atoms with Gasteiger partial charge in [-0.1, -0.05) is 6.07 Å². The molecule has 1 aromatic heterocycles. The molecule has 2 heterocycles. The number of hydrogen-bond acceptors (Lipinski definition) is 9. The molecule has 13 heteroatoms. The second-order valence-electron chi connectivity index (χ2n) is 6.41. The van der Waals surface area contributed by atoms with Crippen LogP contribution in [0.2, 0.25) is 0 Å². The van der Waals surface area contributed by atoms with Crippen LogP contribution in [0.15, 0.2) is 48.8 Å². The molecule has 0 spiro atoms. The van der Waals surface area contributed by atoms with Crippen LogP contribution in [0.3, 0.4) is 0 Å². The van der Waals surface area contributed by atoms with Gasteiger partial charge in [0.15, 0.2) is 11.5 Å². The van der Waals surface area contributed by atoms with Crippen molar-refractivity contribution >= 4 is 23.0 Å². The van der Waals surface area contributed by atoms with Gasteiger partial charge < -0.3 is 24.8 Å². The molecule has 2 N–H and O–H groups in total. The Labute approximate surface area is 178 Å². The molecule has 2 aromatic carbocycles. The third-order valence-electron chi connectivity index (χ3n) is 4.25. The number of fused-ring (bicyclic) bond motifs is 1. The first-order valence-electron chi connectivity index (χ1n) is 9.03. The highest BCUT2D eigenvalue weighted by Crippen LogP contribution is 2.34. The number of nitrogens with zero attached hydrogens (tertiary/aromatic N) is 3. The van der Waals surface area contributed by atoms with Crippen LogP contribution in [-0.4, -0.2) is 28.0 Å². The summed E-state index contributed by atoms with van der Waals surface area (Å²) in [5, 5.41) is 17.3. The molecule has 0 saturated heterocycles. The lowest BCUT2D eigenvalue weighted by Crippen LogP contribution is -2.17. The normalized spacial score (nSPS) is 12.3. The van der Waals surface area contributed by atoms with Gasteiger partial charge in [0.25, 0.3) is 0 Å². The lowest BCUT2D eigenvalue weighted by Gasteiger charge is -2.12. The number of nitro groups is 1. The summed E-state index contributed by atoms with van der Waals surface area (Å²) in [6, 6.07) is 9.93. The molecule has 1 aliphatic rings. The lowest BCUT2D eigenvalue weighted by molar-refractivity contribution is -0.383. The van der Waals surface area contributed by atoms with Crippen molar-refractivity contribution in [1.29, 1.82) is 0 Å². The Morgan fingerprint density at radius 2 is 1.78 bits per heavy atom. The van der Waals surface area contributed by atoms with E-state index in [1.807, 2.05) is 0 Å². The van der Waals surface area contributed by atoms with E-state index >= 15 is 0 Å². The summed E-state index contributed by atoms with van der Waals surface area (Å²) in [5.41, 5.74) is 0.615. The topological polar surface area (TPSA) is 121 Å². The first kappa shape index (κ1) is 21.0. The number of alkyl halides is 3. The highest BCUT2D eigenvalue weighted by molar-refractivity contribution is 5.73. The zero-order valence-electron chi connectivity index (χ0n) is 16.0. The van der Waals surface area contributed by atoms with Crippen LogP contribution in [0, 0.1) is 10.1 Å². The van der Waals surface area contributed by atoms with Crippen molar-refractivity contribution in [1.82, 2.24) is 9.97 Å². The molecule has 0 aliphatic carbocycles. The number of halogens is 3. The fourth-order valence-electron chi connectivity index (χ4n) is 2.89. The number of benzene rings is 2. The summed E-state index contributed by atoms with van der Waals surface area (Å²) < 4.78 is 51.2. The van der Waals surface area contributed by atoms with Crippen LogP contribution in [0.5, 0.6) is 17.2 Å². The minimum atomic E-state index is -4.82. The molecule has 0 radical (unpaired) electrons. The Bertz CT molecular complexity index is 1140. The van der Waals surface area contributed by atoms with Crippen LogP contribution in [0.4, 0.5) is 36.2 Å². The van der Waals surface area contributed by atoms with Gasteiger partial charge in [0.1, 0.15) is 12.1 Å². The highest BCUT2D eigenvalue weighted by atomic mass is 19.4. The molecule has 32 heavy (non-hydrogen) atoms. The predicted molar refractivity (Wildman–Crippen MR) is 105 cm³/mol. The van der Waals surface area contributed by atoms with Crippen LogP contribution in [0.1, 0.15) is 5.56 Å². The minimum Gasteiger partial charge on any atom is -0.454 e. The highest BCUT2D eigenvalue weighted by Gasteiger charge is 2.31. The lowest BCUT2D eigenvalue weighted by atomic mass is 10.2. The SMILES string of the molecule is O=[N+]([O-])c1c(NCc2ccc3c(c2)OCO3)ncnc1Nc1ccc(OC(F)(F)F)cc1. The zero-order chi connectivity index (χ0) is 22.7. The molecule has 10 nitrogen and oxygen atoms in total. The Morgan fingerprint density at radius 1 is 1.06 bits per heavy atom. The van der Waals surface area contributed by atoms with Crippen molar-refractivity contribution in [3.8, 4) is 17.2 Å². The fraction of sp³-hybridized carbons (Fsp3) is 0.158. The summed E-state index contributed by atoms with van der Waals surface area (Å²) in [5.74, 6) is 0.581. The fourth-order valence-corrected chi connectivity index (χ4v) is 2.89. The number of ether oxygens (including phenoxy) is 3. The quantitative estimate of drug-likeness (QED) is 0.400. The standard InChI is InChI=1S/C19H14F3N5O5/c20-19(21,22)32-13-4-2-12(3-5-13)26-18-16(27(28)29)17(24-9-25-18)23-8-11-1-6-14-15(7-11)31-10-30-14/h1-7,9H,8,10H2,(H2,23,24,25,26). The van der Waals surface area contributed by atoms with E-state index in [4.69, 9.17) is 9.47 Å². The number of hydrogen-bond donors (Lipinski definition) is 2. The molecule has 4 rings (SSSR count). The van der Waals surface area contributed by atoms with Gasteiger partial charge in [-0.05, 0) is 42.0 Å². The van der Waals surface area contributed by atoms with E-state index in [1.54, 1.807) is 18.2 Å². The average molecular weight is 449 g/mol. The maximum absolute atomic E-state index is 12.3. The number of anilines is 3. The summed E-state index contributed by atoms with van der Waals surface area (Å²) >= 11 is 0. The van der Waals surface area contributed by atoms with Crippen molar-refractivity contribution in [2.24, 2.45) is 0 Å². The number of nitrogens with one attached hydrogen (secondary N) is 2. The van der Waals surface area contributed by atoms with Crippen molar-refractivity contribution < 1.29 is 32.3 Å². The first-order valence-corrected chi connectivity index (χ1v) is 9.03. The third kappa shape index (κ3) is 4.88. The van der Waals surface area contributed by atoms with Gasteiger partial charge >= 0.3 is 12.0 Å². The van der Waals surface area contributed by atoms with E-state index in [0.717, 1.165) is 24.0 Å². The molecule has 3 aromatic rings. The number of rotatable bonds is 7. The van der Waals surface area contributed by atoms with Crippen molar-refractivity contribution in [3.63, 3.8) is 0 Å². The zero-order valence-corrected chi connectivity index (χ0v) is 16.0. The first-order chi connectivity index (χ1) is 15.3. The number of aromatic nitrogens is 2.